The van der Waals surface area contributed by atoms with Gasteiger partial charge >= 0.3 is 0 Å². The van der Waals surface area contributed by atoms with Crippen LogP contribution in [-0.4, -0.2) is 4.98 Å². The van der Waals surface area contributed by atoms with Gasteiger partial charge in [-0.3, -0.25) is 4.79 Å². The molecule has 0 saturated carbocycles. The molecule has 102 valence electrons. The molecule has 0 bridgehead atoms. The van der Waals surface area contributed by atoms with Gasteiger partial charge in [-0.05, 0) is 17.7 Å². The van der Waals surface area contributed by atoms with Crippen LogP contribution < -0.4 is 10.2 Å². The lowest BCUT2D eigenvalue weighted by Crippen LogP contribution is -2.07. The van der Waals surface area contributed by atoms with Crippen LogP contribution in [0.25, 0.3) is 10.9 Å². The zero-order valence-electron chi connectivity index (χ0n) is 11.2. The maximum Gasteiger partial charge on any atom is 0.207 e. The third-order valence-corrected chi connectivity index (χ3v) is 3.22. The normalized spacial score (nSPS) is 10.2. The molecule has 0 aliphatic carbocycles. The van der Waals surface area contributed by atoms with Crippen LogP contribution in [0.5, 0.6) is 5.75 Å². The van der Waals surface area contributed by atoms with E-state index in [4.69, 9.17) is 10.00 Å². The van der Waals surface area contributed by atoms with E-state index in [0.29, 0.717) is 23.3 Å². The van der Waals surface area contributed by atoms with E-state index in [0.717, 1.165) is 5.56 Å². The number of aromatic nitrogens is 1. The topological polar surface area (TPSA) is 65.9 Å². The van der Waals surface area contributed by atoms with Crippen LogP contribution in [0.1, 0.15) is 11.1 Å². The largest absolute Gasteiger partial charge is 0.489 e. The number of aromatic amines is 1. The van der Waals surface area contributed by atoms with E-state index in [2.05, 4.69) is 4.98 Å². The van der Waals surface area contributed by atoms with Crippen LogP contribution >= 0.6 is 0 Å². The summed E-state index contributed by atoms with van der Waals surface area (Å²) in [5.74, 6) is 0.673. The predicted octanol–water partition coefficient (Wildman–Crippen LogP) is 2.98. The average molecular weight is 276 g/mol. The Kier molecular flexibility index (Phi) is 3.40. The Bertz CT molecular complexity index is 877. The number of ether oxygens (including phenoxy) is 1. The van der Waals surface area contributed by atoms with Crippen LogP contribution in [0.2, 0.25) is 0 Å². The Morgan fingerprint density at radius 2 is 1.95 bits per heavy atom. The van der Waals surface area contributed by atoms with Crippen molar-refractivity contribution in [1.29, 1.82) is 5.26 Å². The highest BCUT2D eigenvalue weighted by molar-refractivity contribution is 5.80. The zero-order chi connectivity index (χ0) is 14.7. The van der Waals surface area contributed by atoms with E-state index in [1.165, 1.54) is 6.20 Å². The fraction of sp³-hybridized carbons (Fsp3) is 0.0588. The third-order valence-electron chi connectivity index (χ3n) is 3.22. The Labute approximate surface area is 121 Å². The van der Waals surface area contributed by atoms with Crippen LogP contribution in [0.4, 0.5) is 0 Å². The summed E-state index contributed by atoms with van der Waals surface area (Å²) in [6, 6.07) is 16.9. The van der Waals surface area contributed by atoms with E-state index >= 15 is 0 Å². The Morgan fingerprint density at radius 3 is 2.71 bits per heavy atom. The molecule has 1 N–H and O–H groups in total. The molecule has 0 amide bonds. The van der Waals surface area contributed by atoms with Gasteiger partial charge in [-0.25, -0.2) is 0 Å². The molecule has 0 unspecified atom stereocenters. The second-order valence-electron chi connectivity index (χ2n) is 4.62. The second kappa shape index (κ2) is 5.51. The summed E-state index contributed by atoms with van der Waals surface area (Å²) in [6.45, 7) is 0.465. The van der Waals surface area contributed by atoms with Crippen molar-refractivity contribution < 1.29 is 4.74 Å². The molecule has 0 saturated heterocycles. The fourth-order valence-corrected chi connectivity index (χ4v) is 2.12. The van der Waals surface area contributed by atoms with Gasteiger partial charge in [0.25, 0.3) is 0 Å². The van der Waals surface area contributed by atoms with E-state index in [9.17, 15) is 4.79 Å². The molecule has 3 aromatic rings. The minimum Gasteiger partial charge on any atom is -0.489 e. The number of nitrogens with zero attached hydrogens (tertiary/aromatic N) is 1. The maximum atomic E-state index is 12.0. The summed E-state index contributed by atoms with van der Waals surface area (Å²) in [7, 11) is 0. The molecular weight excluding hydrogens is 264 g/mol. The Morgan fingerprint density at radius 1 is 1.14 bits per heavy atom. The molecule has 1 heterocycles. The van der Waals surface area contributed by atoms with Crippen molar-refractivity contribution in [3.8, 4) is 11.8 Å². The van der Waals surface area contributed by atoms with Crippen molar-refractivity contribution in [1.82, 2.24) is 4.98 Å². The number of rotatable bonds is 3. The number of hydrogen-bond donors (Lipinski definition) is 1. The van der Waals surface area contributed by atoms with Gasteiger partial charge in [0.15, 0.2) is 0 Å². The van der Waals surface area contributed by atoms with Crippen LogP contribution in [0, 0.1) is 11.3 Å². The van der Waals surface area contributed by atoms with Crippen LogP contribution in [0.15, 0.2) is 59.5 Å². The molecule has 0 radical (unpaired) electrons. The number of nitriles is 1. The van der Waals surface area contributed by atoms with Gasteiger partial charge < -0.3 is 9.72 Å². The number of fused-ring (bicyclic) bond motifs is 1. The summed E-state index contributed by atoms with van der Waals surface area (Å²) in [6.07, 6.45) is 1.42. The molecule has 21 heavy (non-hydrogen) atoms. The molecule has 3 rings (SSSR count). The lowest BCUT2D eigenvalue weighted by Gasteiger charge is -2.07. The molecule has 4 heteroatoms. The highest BCUT2D eigenvalue weighted by Gasteiger charge is 2.05. The second-order valence-corrected chi connectivity index (χ2v) is 4.62. The monoisotopic (exact) mass is 276 g/mol. The third kappa shape index (κ3) is 2.63. The number of pyridine rings is 1. The van der Waals surface area contributed by atoms with Gasteiger partial charge in [-0.2, -0.15) is 5.26 Å². The summed E-state index contributed by atoms with van der Waals surface area (Å²) in [4.78, 5) is 14.9. The molecule has 0 fully saturated rings. The van der Waals surface area contributed by atoms with Gasteiger partial charge in [0, 0.05) is 17.6 Å². The minimum absolute atomic E-state index is 0.112. The fourth-order valence-electron chi connectivity index (χ4n) is 2.12. The summed E-state index contributed by atoms with van der Waals surface area (Å²) < 4.78 is 5.71. The lowest BCUT2D eigenvalue weighted by atomic mass is 10.1. The standard InChI is InChI=1S/C17H12N2O2/c18-9-13-10-19-16-8-14(6-7-15(16)17(13)20)21-11-12-4-2-1-3-5-12/h1-8,10H,11H2,(H,19,20). The molecule has 4 nitrogen and oxygen atoms in total. The quantitative estimate of drug-likeness (QED) is 0.799. The van der Waals surface area contributed by atoms with Crippen molar-refractivity contribution in [2.45, 2.75) is 6.61 Å². The van der Waals surface area contributed by atoms with Gasteiger partial charge in [-0.1, -0.05) is 30.3 Å². The van der Waals surface area contributed by atoms with Gasteiger partial charge in [0.2, 0.25) is 5.43 Å². The molecule has 0 atom stereocenters. The predicted molar refractivity (Wildman–Crippen MR) is 80.1 cm³/mol. The molecule has 0 aliphatic heterocycles. The Balaban J connectivity index is 1.89. The molecular formula is C17H12N2O2. The van der Waals surface area contributed by atoms with E-state index in [1.54, 1.807) is 18.2 Å². The van der Waals surface area contributed by atoms with E-state index < -0.39 is 0 Å². The average Bonchev–Trinajstić information content (AvgIpc) is 2.54. The first-order valence-electron chi connectivity index (χ1n) is 6.50. The highest BCUT2D eigenvalue weighted by Crippen LogP contribution is 2.18. The first-order valence-corrected chi connectivity index (χ1v) is 6.50. The summed E-state index contributed by atoms with van der Waals surface area (Å²) in [5.41, 5.74) is 1.58. The SMILES string of the molecule is N#Cc1c[nH]c2cc(OCc3ccccc3)ccc2c1=O. The molecule has 2 aromatic carbocycles. The number of H-pyrrole nitrogens is 1. The molecule has 0 spiro atoms. The Hall–Kier alpha value is -3.06. The number of hydrogen-bond acceptors (Lipinski definition) is 3. The van der Waals surface area contributed by atoms with E-state index in [-0.39, 0.29) is 11.0 Å². The highest BCUT2D eigenvalue weighted by atomic mass is 16.5. The van der Waals surface area contributed by atoms with Gasteiger partial charge in [-0.15, -0.1) is 0 Å². The molecule has 1 aromatic heterocycles. The first kappa shape index (κ1) is 12.9. The lowest BCUT2D eigenvalue weighted by molar-refractivity contribution is 0.306. The van der Waals surface area contributed by atoms with Gasteiger partial charge in [0.05, 0.1) is 5.52 Å². The summed E-state index contributed by atoms with van der Waals surface area (Å²) >= 11 is 0. The summed E-state index contributed by atoms with van der Waals surface area (Å²) in [5, 5.41) is 9.34. The van der Waals surface area contributed by atoms with Gasteiger partial charge in [0.1, 0.15) is 24.0 Å². The number of nitrogens with one attached hydrogen (secondary N) is 1. The first-order chi connectivity index (χ1) is 10.3. The van der Waals surface area contributed by atoms with Crippen molar-refractivity contribution in [2.24, 2.45) is 0 Å². The maximum absolute atomic E-state index is 12.0. The minimum atomic E-state index is -0.263. The van der Waals surface area contributed by atoms with Crippen molar-refractivity contribution in [2.75, 3.05) is 0 Å². The van der Waals surface area contributed by atoms with Crippen molar-refractivity contribution >= 4 is 10.9 Å². The molecule has 0 aliphatic rings. The van der Waals surface area contributed by atoms with Crippen molar-refractivity contribution in [3.05, 3.63) is 76.1 Å². The van der Waals surface area contributed by atoms with Crippen molar-refractivity contribution in [3.63, 3.8) is 0 Å². The van der Waals surface area contributed by atoms with E-state index in [1.807, 2.05) is 36.4 Å². The smallest absolute Gasteiger partial charge is 0.207 e. The van der Waals surface area contributed by atoms with Crippen LogP contribution in [-0.2, 0) is 6.61 Å². The zero-order valence-corrected chi connectivity index (χ0v) is 11.2. The number of benzene rings is 2. The van der Waals surface area contributed by atoms with Crippen LogP contribution in [0.3, 0.4) is 0 Å².